The van der Waals surface area contributed by atoms with E-state index >= 15 is 0 Å². The van der Waals surface area contributed by atoms with Gasteiger partial charge in [-0.25, -0.2) is 0 Å². The maximum Gasteiger partial charge on any atom is 0.242 e. The summed E-state index contributed by atoms with van der Waals surface area (Å²) in [6.45, 7) is 1.88. The number of rotatable bonds is 5. The minimum atomic E-state index is -0.170. The van der Waals surface area contributed by atoms with Gasteiger partial charge in [0, 0.05) is 19.3 Å². The lowest BCUT2D eigenvalue weighted by Crippen LogP contribution is -2.44. The second kappa shape index (κ2) is 7.00. The molecule has 0 bridgehead atoms. The number of aryl methyl sites for hydroxylation is 1. The van der Waals surface area contributed by atoms with Crippen LogP contribution in [0.4, 0.5) is 0 Å². The summed E-state index contributed by atoms with van der Waals surface area (Å²) in [5, 5.41) is 7.50. The topological polar surface area (TPSA) is 50.2 Å². The van der Waals surface area contributed by atoms with Crippen LogP contribution in [0.5, 0.6) is 0 Å². The van der Waals surface area contributed by atoms with Crippen molar-refractivity contribution in [1.29, 1.82) is 0 Å². The van der Waals surface area contributed by atoms with Gasteiger partial charge in [0.1, 0.15) is 6.04 Å². The van der Waals surface area contributed by atoms with Crippen molar-refractivity contribution in [2.75, 3.05) is 13.1 Å². The van der Waals surface area contributed by atoms with E-state index in [4.69, 9.17) is 0 Å². The maximum atomic E-state index is 12.9. The Labute approximate surface area is 149 Å². The van der Waals surface area contributed by atoms with E-state index in [1.165, 1.54) is 5.56 Å². The third-order valence-corrected chi connectivity index (χ3v) is 5.38. The Bertz CT molecular complexity index is 714. The first-order valence-corrected chi connectivity index (χ1v) is 9.28. The average Bonchev–Trinajstić information content (AvgIpc) is 3.34. The van der Waals surface area contributed by atoms with Gasteiger partial charge in [-0.3, -0.25) is 14.4 Å². The number of nitrogens with one attached hydrogen (secondary N) is 1. The Kier molecular flexibility index (Phi) is 4.57. The van der Waals surface area contributed by atoms with Gasteiger partial charge in [0.05, 0.1) is 6.20 Å². The maximum absolute atomic E-state index is 12.9. The quantitative estimate of drug-likeness (QED) is 0.912. The van der Waals surface area contributed by atoms with Gasteiger partial charge in [-0.1, -0.05) is 30.3 Å². The lowest BCUT2D eigenvalue weighted by atomic mass is 9.90. The molecule has 1 saturated carbocycles. The number of carbonyl (C=O) groups excluding carboxylic acids is 1. The summed E-state index contributed by atoms with van der Waals surface area (Å²) >= 11 is 0. The van der Waals surface area contributed by atoms with Crippen LogP contribution in [0.2, 0.25) is 0 Å². The normalized spacial score (nSPS) is 20.4. The molecule has 2 aromatic rings. The van der Waals surface area contributed by atoms with E-state index < -0.39 is 0 Å². The molecule has 1 aliphatic heterocycles. The summed E-state index contributed by atoms with van der Waals surface area (Å²) in [6, 6.07) is 10.4. The standard InChI is InChI=1S/C20H26N4O/c1-23-14-17(13-21-23)15-9-11-24(12-10-15)19(16-5-3-2-4-6-16)20(25)22-18-7-8-18/h2-6,13-15,18-19H,7-12H2,1H3,(H,22,25)/t19-/m0/s1. The Morgan fingerprint density at radius 2 is 1.88 bits per heavy atom. The first-order chi connectivity index (χ1) is 12.2. The van der Waals surface area contributed by atoms with Crippen molar-refractivity contribution < 1.29 is 4.79 Å². The van der Waals surface area contributed by atoms with E-state index in [0.717, 1.165) is 44.3 Å². The number of hydrogen-bond donors (Lipinski definition) is 1. The molecule has 1 aromatic carbocycles. The monoisotopic (exact) mass is 338 g/mol. The van der Waals surface area contributed by atoms with E-state index in [1.807, 2.05) is 36.1 Å². The molecule has 0 spiro atoms. The molecular weight excluding hydrogens is 312 g/mol. The van der Waals surface area contributed by atoms with E-state index in [0.29, 0.717) is 12.0 Å². The highest BCUT2D eigenvalue weighted by atomic mass is 16.2. The van der Waals surface area contributed by atoms with Gasteiger partial charge >= 0.3 is 0 Å². The van der Waals surface area contributed by atoms with Crippen LogP contribution >= 0.6 is 0 Å². The molecule has 1 atom stereocenters. The molecule has 5 nitrogen and oxygen atoms in total. The molecule has 25 heavy (non-hydrogen) atoms. The van der Waals surface area contributed by atoms with Gasteiger partial charge in [-0.15, -0.1) is 0 Å². The van der Waals surface area contributed by atoms with Gasteiger partial charge < -0.3 is 5.32 Å². The van der Waals surface area contributed by atoms with Gasteiger partial charge in [-0.2, -0.15) is 5.10 Å². The molecule has 5 heteroatoms. The molecule has 1 amide bonds. The SMILES string of the molecule is Cn1cc(C2CCN([C@H](C(=O)NC3CC3)c3ccccc3)CC2)cn1. The van der Waals surface area contributed by atoms with E-state index in [-0.39, 0.29) is 11.9 Å². The van der Waals surface area contributed by atoms with Crippen molar-refractivity contribution in [3.8, 4) is 0 Å². The summed E-state index contributed by atoms with van der Waals surface area (Å²) in [7, 11) is 1.96. The fourth-order valence-electron chi connectivity index (χ4n) is 3.81. The van der Waals surface area contributed by atoms with Gasteiger partial charge in [0.2, 0.25) is 5.91 Å². The van der Waals surface area contributed by atoms with Crippen molar-refractivity contribution in [2.24, 2.45) is 7.05 Å². The number of benzene rings is 1. The third kappa shape index (κ3) is 3.76. The van der Waals surface area contributed by atoms with E-state index in [9.17, 15) is 4.79 Å². The second-order valence-electron chi connectivity index (χ2n) is 7.35. The molecule has 1 saturated heterocycles. The van der Waals surface area contributed by atoms with Crippen molar-refractivity contribution in [2.45, 2.75) is 43.7 Å². The molecular formula is C20H26N4O. The summed E-state index contributed by atoms with van der Waals surface area (Å²) in [6.07, 6.45) is 8.49. The van der Waals surface area contributed by atoms with Gasteiger partial charge in [-0.05, 0) is 55.8 Å². The Balaban J connectivity index is 1.47. The molecule has 2 heterocycles. The average molecular weight is 338 g/mol. The number of aromatic nitrogens is 2. The summed E-state index contributed by atoms with van der Waals surface area (Å²) in [5.74, 6) is 0.710. The lowest BCUT2D eigenvalue weighted by molar-refractivity contribution is -0.127. The Morgan fingerprint density at radius 3 is 2.48 bits per heavy atom. The molecule has 4 rings (SSSR count). The van der Waals surface area contributed by atoms with Crippen LogP contribution < -0.4 is 5.32 Å². The van der Waals surface area contributed by atoms with Gasteiger partial charge in [0.15, 0.2) is 0 Å². The van der Waals surface area contributed by atoms with Crippen molar-refractivity contribution in [3.63, 3.8) is 0 Å². The lowest BCUT2D eigenvalue weighted by Gasteiger charge is -2.37. The molecule has 2 aliphatic rings. The van der Waals surface area contributed by atoms with Gasteiger partial charge in [0.25, 0.3) is 0 Å². The van der Waals surface area contributed by atoms with Crippen LogP contribution in [-0.2, 0) is 11.8 Å². The predicted molar refractivity (Wildman–Crippen MR) is 97.1 cm³/mol. The first-order valence-electron chi connectivity index (χ1n) is 9.28. The minimum absolute atomic E-state index is 0.161. The summed E-state index contributed by atoms with van der Waals surface area (Å²) in [4.78, 5) is 15.2. The van der Waals surface area contributed by atoms with E-state index in [1.54, 1.807) is 0 Å². The number of amides is 1. The number of carbonyl (C=O) groups is 1. The summed E-state index contributed by atoms with van der Waals surface area (Å²) < 4.78 is 1.87. The van der Waals surface area contributed by atoms with Crippen molar-refractivity contribution in [1.82, 2.24) is 20.0 Å². The highest BCUT2D eigenvalue weighted by Gasteiger charge is 2.34. The number of nitrogens with zero attached hydrogens (tertiary/aromatic N) is 3. The Morgan fingerprint density at radius 1 is 1.16 bits per heavy atom. The number of piperidine rings is 1. The van der Waals surface area contributed by atoms with E-state index in [2.05, 4.69) is 33.6 Å². The molecule has 1 N–H and O–H groups in total. The molecule has 2 fully saturated rings. The molecule has 0 radical (unpaired) electrons. The van der Waals surface area contributed by atoms with Crippen LogP contribution in [-0.4, -0.2) is 39.7 Å². The summed E-state index contributed by atoms with van der Waals surface area (Å²) in [5.41, 5.74) is 2.42. The zero-order chi connectivity index (χ0) is 17.2. The Hall–Kier alpha value is -2.14. The highest BCUT2D eigenvalue weighted by molar-refractivity contribution is 5.83. The van der Waals surface area contributed by atoms with Crippen LogP contribution in [0.3, 0.4) is 0 Å². The fraction of sp³-hybridized carbons (Fsp3) is 0.500. The van der Waals surface area contributed by atoms with Crippen molar-refractivity contribution >= 4 is 5.91 Å². The largest absolute Gasteiger partial charge is 0.352 e. The van der Waals surface area contributed by atoms with Crippen LogP contribution in [0.15, 0.2) is 42.7 Å². The molecule has 0 unspecified atom stereocenters. The van der Waals surface area contributed by atoms with Crippen LogP contribution in [0.25, 0.3) is 0 Å². The number of likely N-dealkylation sites (tertiary alicyclic amines) is 1. The first kappa shape index (κ1) is 16.3. The minimum Gasteiger partial charge on any atom is -0.352 e. The highest BCUT2D eigenvalue weighted by Crippen LogP contribution is 2.33. The molecule has 132 valence electrons. The third-order valence-electron chi connectivity index (χ3n) is 5.38. The predicted octanol–water partition coefficient (Wildman–Crippen LogP) is 2.62. The zero-order valence-corrected chi connectivity index (χ0v) is 14.8. The molecule has 1 aliphatic carbocycles. The zero-order valence-electron chi connectivity index (χ0n) is 14.8. The smallest absolute Gasteiger partial charge is 0.242 e. The molecule has 1 aromatic heterocycles. The number of hydrogen-bond acceptors (Lipinski definition) is 3. The van der Waals surface area contributed by atoms with Crippen LogP contribution in [0.1, 0.15) is 48.8 Å². The fourth-order valence-corrected chi connectivity index (χ4v) is 3.81. The van der Waals surface area contributed by atoms with Crippen LogP contribution in [0, 0.1) is 0 Å². The van der Waals surface area contributed by atoms with Crippen molar-refractivity contribution in [3.05, 3.63) is 53.9 Å². The second-order valence-corrected chi connectivity index (χ2v) is 7.35.